The zero-order valence-corrected chi connectivity index (χ0v) is 14.2. The van der Waals surface area contributed by atoms with Crippen LogP contribution in [-0.2, 0) is 13.0 Å². The van der Waals surface area contributed by atoms with Gasteiger partial charge in [0.15, 0.2) is 0 Å². The first-order valence-corrected chi connectivity index (χ1v) is 8.88. The number of hydrogen-bond donors (Lipinski definition) is 1. The summed E-state index contributed by atoms with van der Waals surface area (Å²) in [4.78, 5) is 4.32. The Morgan fingerprint density at radius 2 is 1.88 bits per heavy atom. The van der Waals surface area contributed by atoms with Crippen LogP contribution >= 0.6 is 0 Å². The molecule has 1 aromatic heterocycles. The second-order valence-electron chi connectivity index (χ2n) is 6.62. The summed E-state index contributed by atoms with van der Waals surface area (Å²) in [5.41, 5.74) is 4.79. The van der Waals surface area contributed by atoms with E-state index in [4.69, 9.17) is 0 Å². The largest absolute Gasteiger partial charge is 0.330 e. The minimum atomic E-state index is -0.191. The van der Waals surface area contributed by atoms with Gasteiger partial charge in [0.25, 0.3) is 0 Å². The molecule has 1 unspecified atom stereocenters. The van der Waals surface area contributed by atoms with Crippen molar-refractivity contribution < 1.29 is 4.39 Å². The fourth-order valence-corrected chi connectivity index (χ4v) is 3.50. The van der Waals surface area contributed by atoms with Gasteiger partial charge in [0, 0.05) is 12.6 Å². The average Bonchev–Trinajstić information content (AvgIpc) is 3.33. The SMILES string of the molecule is Fc1ccc(CCn2cncc2-c2ccc(C3CCCN3)cc2)cc1. The lowest BCUT2D eigenvalue weighted by molar-refractivity contribution is 0.625. The molecule has 3 nitrogen and oxygen atoms in total. The van der Waals surface area contributed by atoms with E-state index in [1.807, 2.05) is 24.7 Å². The summed E-state index contributed by atoms with van der Waals surface area (Å²) in [5, 5.41) is 3.54. The Kier molecular flexibility index (Phi) is 4.61. The van der Waals surface area contributed by atoms with E-state index in [-0.39, 0.29) is 5.82 Å². The van der Waals surface area contributed by atoms with Crippen LogP contribution in [0, 0.1) is 5.82 Å². The third-order valence-corrected chi connectivity index (χ3v) is 4.94. The number of aryl methyl sites for hydroxylation is 2. The van der Waals surface area contributed by atoms with Gasteiger partial charge in [-0.2, -0.15) is 0 Å². The molecule has 1 atom stereocenters. The summed E-state index contributed by atoms with van der Waals surface area (Å²) in [6, 6.07) is 16.0. The Balaban J connectivity index is 1.47. The fourth-order valence-electron chi connectivity index (χ4n) is 3.50. The van der Waals surface area contributed by atoms with Crippen LogP contribution in [0.1, 0.15) is 30.0 Å². The van der Waals surface area contributed by atoms with Gasteiger partial charge < -0.3 is 9.88 Å². The quantitative estimate of drug-likeness (QED) is 0.751. The number of nitrogens with one attached hydrogen (secondary N) is 1. The predicted octanol–water partition coefficient (Wildman–Crippen LogP) is 4.36. The number of rotatable bonds is 5. The van der Waals surface area contributed by atoms with Gasteiger partial charge in [0.05, 0.1) is 18.2 Å². The van der Waals surface area contributed by atoms with E-state index in [1.165, 1.54) is 36.1 Å². The Labute approximate surface area is 147 Å². The van der Waals surface area contributed by atoms with Crippen molar-refractivity contribution in [3.63, 3.8) is 0 Å². The van der Waals surface area contributed by atoms with Crippen LogP contribution in [0.25, 0.3) is 11.3 Å². The van der Waals surface area contributed by atoms with Crippen molar-refractivity contribution >= 4 is 0 Å². The lowest BCUT2D eigenvalue weighted by Gasteiger charge is -2.12. The van der Waals surface area contributed by atoms with Crippen molar-refractivity contribution in [1.82, 2.24) is 14.9 Å². The molecule has 1 N–H and O–H groups in total. The standard InChI is InChI=1S/C21H22FN3/c22-19-9-3-16(4-10-19)11-13-25-15-23-14-21(25)18-7-5-17(6-8-18)20-2-1-12-24-20/h3-10,14-15,20,24H,1-2,11-13H2. The molecule has 0 radical (unpaired) electrons. The van der Waals surface area contributed by atoms with E-state index in [2.05, 4.69) is 39.1 Å². The van der Waals surface area contributed by atoms with E-state index in [9.17, 15) is 4.39 Å². The van der Waals surface area contributed by atoms with Gasteiger partial charge in [-0.1, -0.05) is 36.4 Å². The molecule has 0 bridgehead atoms. The van der Waals surface area contributed by atoms with Gasteiger partial charge >= 0.3 is 0 Å². The number of hydrogen-bond acceptors (Lipinski definition) is 2. The van der Waals surface area contributed by atoms with E-state index < -0.39 is 0 Å². The molecule has 3 aromatic rings. The van der Waals surface area contributed by atoms with E-state index in [0.717, 1.165) is 30.8 Å². The average molecular weight is 335 g/mol. The summed E-state index contributed by atoms with van der Waals surface area (Å²) >= 11 is 0. The molecule has 2 heterocycles. The highest BCUT2D eigenvalue weighted by Crippen LogP contribution is 2.26. The van der Waals surface area contributed by atoms with Crippen molar-refractivity contribution in [1.29, 1.82) is 0 Å². The summed E-state index contributed by atoms with van der Waals surface area (Å²) in [6.07, 6.45) is 7.10. The highest BCUT2D eigenvalue weighted by atomic mass is 19.1. The molecule has 1 fully saturated rings. The highest BCUT2D eigenvalue weighted by molar-refractivity contribution is 5.59. The van der Waals surface area contributed by atoms with Gasteiger partial charge in [-0.3, -0.25) is 0 Å². The normalized spacial score (nSPS) is 17.1. The molecule has 2 aromatic carbocycles. The molecule has 0 amide bonds. The van der Waals surface area contributed by atoms with Crippen LogP contribution in [-0.4, -0.2) is 16.1 Å². The number of imidazole rings is 1. The van der Waals surface area contributed by atoms with Crippen molar-refractivity contribution in [2.24, 2.45) is 0 Å². The van der Waals surface area contributed by atoms with Gasteiger partial charge in [-0.05, 0) is 54.6 Å². The topological polar surface area (TPSA) is 29.9 Å². The molecule has 0 spiro atoms. The molecule has 4 heteroatoms. The molecule has 1 saturated heterocycles. The summed E-state index contributed by atoms with van der Waals surface area (Å²) in [5.74, 6) is -0.191. The monoisotopic (exact) mass is 335 g/mol. The lowest BCUT2D eigenvalue weighted by Crippen LogP contribution is -2.12. The third-order valence-electron chi connectivity index (χ3n) is 4.94. The molecule has 0 saturated carbocycles. The van der Waals surface area contributed by atoms with Crippen molar-refractivity contribution in [2.45, 2.75) is 31.8 Å². The number of benzene rings is 2. The first kappa shape index (κ1) is 16.0. The Hall–Kier alpha value is -2.46. The molecule has 25 heavy (non-hydrogen) atoms. The summed E-state index contributed by atoms with van der Waals surface area (Å²) in [7, 11) is 0. The Morgan fingerprint density at radius 3 is 2.60 bits per heavy atom. The zero-order valence-electron chi connectivity index (χ0n) is 14.2. The van der Waals surface area contributed by atoms with Gasteiger partial charge in [0.2, 0.25) is 0 Å². The molecule has 1 aliphatic heterocycles. The maximum atomic E-state index is 13.0. The van der Waals surface area contributed by atoms with Crippen molar-refractivity contribution in [2.75, 3.05) is 6.54 Å². The first-order chi connectivity index (χ1) is 12.3. The zero-order chi connectivity index (χ0) is 17.1. The maximum absolute atomic E-state index is 13.0. The van der Waals surface area contributed by atoms with Crippen LogP contribution in [0.15, 0.2) is 61.1 Å². The second-order valence-corrected chi connectivity index (χ2v) is 6.62. The summed E-state index contributed by atoms with van der Waals surface area (Å²) < 4.78 is 15.2. The number of aromatic nitrogens is 2. The molecular formula is C21H22FN3. The van der Waals surface area contributed by atoms with Crippen LogP contribution in [0.5, 0.6) is 0 Å². The smallest absolute Gasteiger partial charge is 0.123 e. The van der Waals surface area contributed by atoms with E-state index in [1.54, 1.807) is 0 Å². The molecular weight excluding hydrogens is 313 g/mol. The summed E-state index contributed by atoms with van der Waals surface area (Å²) in [6.45, 7) is 1.94. The molecule has 0 aliphatic carbocycles. The molecule has 4 rings (SSSR count). The highest BCUT2D eigenvalue weighted by Gasteiger charge is 2.16. The van der Waals surface area contributed by atoms with E-state index >= 15 is 0 Å². The van der Waals surface area contributed by atoms with Crippen LogP contribution in [0.2, 0.25) is 0 Å². The predicted molar refractivity (Wildman–Crippen MR) is 97.7 cm³/mol. The van der Waals surface area contributed by atoms with Crippen LogP contribution in [0.4, 0.5) is 4.39 Å². The first-order valence-electron chi connectivity index (χ1n) is 8.88. The minimum Gasteiger partial charge on any atom is -0.330 e. The lowest BCUT2D eigenvalue weighted by atomic mass is 10.0. The second kappa shape index (κ2) is 7.19. The van der Waals surface area contributed by atoms with Crippen LogP contribution in [0.3, 0.4) is 0 Å². The molecule has 1 aliphatic rings. The fraction of sp³-hybridized carbons (Fsp3) is 0.286. The van der Waals surface area contributed by atoms with Gasteiger partial charge in [0.1, 0.15) is 5.82 Å². The minimum absolute atomic E-state index is 0.191. The van der Waals surface area contributed by atoms with Crippen molar-refractivity contribution in [3.8, 4) is 11.3 Å². The maximum Gasteiger partial charge on any atom is 0.123 e. The van der Waals surface area contributed by atoms with Crippen molar-refractivity contribution in [3.05, 3.63) is 78.0 Å². The van der Waals surface area contributed by atoms with Gasteiger partial charge in [-0.25, -0.2) is 9.37 Å². The number of halogens is 1. The Bertz CT molecular complexity index is 815. The third kappa shape index (κ3) is 3.64. The van der Waals surface area contributed by atoms with E-state index in [0.29, 0.717) is 6.04 Å². The van der Waals surface area contributed by atoms with Crippen LogP contribution < -0.4 is 5.32 Å². The Morgan fingerprint density at radius 1 is 1.08 bits per heavy atom. The number of nitrogens with zero attached hydrogens (tertiary/aromatic N) is 2. The molecule has 128 valence electrons. The van der Waals surface area contributed by atoms with Gasteiger partial charge in [-0.15, -0.1) is 0 Å².